The standard InChI is InChI=1S/C7H7BrClNO2/c1-12-7-4(3-11)6(8)5(9)2-10-7/h2,11H,3H2,1H3. The van der Waals surface area contributed by atoms with E-state index in [0.29, 0.717) is 20.9 Å². The monoisotopic (exact) mass is 251 g/mol. The van der Waals surface area contributed by atoms with Gasteiger partial charge in [0.15, 0.2) is 0 Å². The highest BCUT2D eigenvalue weighted by Gasteiger charge is 2.10. The summed E-state index contributed by atoms with van der Waals surface area (Å²) in [6.07, 6.45) is 1.46. The first-order valence-corrected chi connectivity index (χ1v) is 4.35. The lowest BCUT2D eigenvalue weighted by Gasteiger charge is -2.07. The van der Waals surface area contributed by atoms with Crippen LogP contribution >= 0.6 is 27.5 Å². The molecule has 1 aromatic heterocycles. The predicted molar refractivity (Wildman–Crippen MR) is 49.4 cm³/mol. The summed E-state index contributed by atoms with van der Waals surface area (Å²) in [4.78, 5) is 3.88. The highest BCUT2D eigenvalue weighted by molar-refractivity contribution is 9.10. The molecule has 12 heavy (non-hydrogen) atoms. The van der Waals surface area contributed by atoms with E-state index in [4.69, 9.17) is 21.4 Å². The van der Waals surface area contributed by atoms with Crippen LogP contribution in [0.5, 0.6) is 5.88 Å². The molecule has 0 aliphatic heterocycles. The smallest absolute Gasteiger partial charge is 0.219 e. The van der Waals surface area contributed by atoms with E-state index in [1.807, 2.05) is 0 Å². The third-order valence-electron chi connectivity index (χ3n) is 1.38. The molecule has 0 amide bonds. The molecule has 66 valence electrons. The minimum atomic E-state index is -0.155. The molecule has 0 atom stereocenters. The molecule has 0 radical (unpaired) electrons. The van der Waals surface area contributed by atoms with Gasteiger partial charge < -0.3 is 9.84 Å². The second kappa shape index (κ2) is 4.07. The van der Waals surface area contributed by atoms with Crippen LogP contribution < -0.4 is 4.74 Å². The zero-order valence-corrected chi connectivity index (χ0v) is 8.68. The molecule has 1 heterocycles. The normalized spacial score (nSPS) is 10.0. The molecule has 0 saturated carbocycles. The van der Waals surface area contributed by atoms with Gasteiger partial charge in [-0.15, -0.1) is 0 Å². The van der Waals surface area contributed by atoms with E-state index in [9.17, 15) is 0 Å². The van der Waals surface area contributed by atoms with Crippen molar-refractivity contribution in [1.82, 2.24) is 4.98 Å². The summed E-state index contributed by atoms with van der Waals surface area (Å²) in [5.74, 6) is 0.383. The fourth-order valence-corrected chi connectivity index (χ4v) is 1.36. The number of halogens is 2. The lowest BCUT2D eigenvalue weighted by Crippen LogP contribution is -1.96. The van der Waals surface area contributed by atoms with Crippen molar-refractivity contribution in [2.75, 3.05) is 7.11 Å². The van der Waals surface area contributed by atoms with Crippen molar-refractivity contribution in [3.63, 3.8) is 0 Å². The van der Waals surface area contributed by atoms with Crippen LogP contribution in [0.25, 0.3) is 0 Å². The number of rotatable bonds is 2. The fraction of sp³-hybridized carbons (Fsp3) is 0.286. The van der Waals surface area contributed by atoms with Crippen molar-refractivity contribution in [3.05, 3.63) is 21.3 Å². The lowest BCUT2D eigenvalue weighted by atomic mass is 10.3. The fourth-order valence-electron chi connectivity index (χ4n) is 0.801. The maximum Gasteiger partial charge on any atom is 0.219 e. The van der Waals surface area contributed by atoms with Crippen molar-refractivity contribution < 1.29 is 9.84 Å². The van der Waals surface area contributed by atoms with Gasteiger partial charge in [0.1, 0.15) is 0 Å². The molecule has 0 bridgehead atoms. The number of hydrogen-bond acceptors (Lipinski definition) is 3. The molecule has 1 aromatic rings. The Labute approximate surface area is 83.5 Å². The van der Waals surface area contributed by atoms with Crippen LogP contribution in [0, 0.1) is 0 Å². The quantitative estimate of drug-likeness (QED) is 0.875. The van der Waals surface area contributed by atoms with E-state index in [-0.39, 0.29) is 6.61 Å². The molecule has 0 aliphatic rings. The van der Waals surface area contributed by atoms with Gasteiger partial charge in [-0.2, -0.15) is 0 Å². The van der Waals surface area contributed by atoms with Gasteiger partial charge in [-0.05, 0) is 15.9 Å². The van der Waals surface area contributed by atoms with Crippen LogP contribution in [0.15, 0.2) is 10.7 Å². The summed E-state index contributed by atoms with van der Waals surface area (Å²) in [6.45, 7) is -0.155. The van der Waals surface area contributed by atoms with Crippen molar-refractivity contribution in [2.45, 2.75) is 6.61 Å². The maximum atomic E-state index is 8.95. The van der Waals surface area contributed by atoms with Gasteiger partial charge in [0.25, 0.3) is 0 Å². The molecule has 0 aliphatic carbocycles. The van der Waals surface area contributed by atoms with Gasteiger partial charge >= 0.3 is 0 Å². The molecule has 3 nitrogen and oxygen atoms in total. The van der Waals surface area contributed by atoms with Gasteiger partial charge in [0.2, 0.25) is 5.88 Å². The van der Waals surface area contributed by atoms with Crippen LogP contribution in [-0.2, 0) is 6.61 Å². The van der Waals surface area contributed by atoms with E-state index in [1.54, 1.807) is 0 Å². The number of aliphatic hydroxyl groups excluding tert-OH is 1. The van der Waals surface area contributed by atoms with Crippen molar-refractivity contribution in [2.24, 2.45) is 0 Å². The first-order valence-electron chi connectivity index (χ1n) is 3.18. The molecule has 5 heteroatoms. The van der Waals surface area contributed by atoms with Gasteiger partial charge in [-0.3, -0.25) is 0 Å². The van der Waals surface area contributed by atoms with E-state index < -0.39 is 0 Å². The minimum absolute atomic E-state index is 0.155. The second-order valence-electron chi connectivity index (χ2n) is 2.07. The Morgan fingerprint density at radius 2 is 2.42 bits per heavy atom. The highest BCUT2D eigenvalue weighted by atomic mass is 79.9. The van der Waals surface area contributed by atoms with Crippen LogP contribution in [0.1, 0.15) is 5.56 Å². The Morgan fingerprint density at radius 3 is 2.92 bits per heavy atom. The number of ether oxygens (including phenoxy) is 1. The summed E-state index contributed by atoms with van der Waals surface area (Å²) < 4.78 is 5.54. The largest absolute Gasteiger partial charge is 0.481 e. The topological polar surface area (TPSA) is 42.4 Å². The number of aliphatic hydroxyl groups is 1. The second-order valence-corrected chi connectivity index (χ2v) is 3.27. The molecular formula is C7H7BrClNO2. The summed E-state index contributed by atoms with van der Waals surface area (Å²) >= 11 is 8.97. The van der Waals surface area contributed by atoms with Gasteiger partial charge in [0.05, 0.1) is 30.5 Å². The zero-order chi connectivity index (χ0) is 9.14. The summed E-state index contributed by atoms with van der Waals surface area (Å²) in [6, 6.07) is 0. The Bertz CT molecular complexity index is 293. The number of pyridine rings is 1. The van der Waals surface area contributed by atoms with Crippen LogP contribution in [0.3, 0.4) is 0 Å². The van der Waals surface area contributed by atoms with Crippen LogP contribution in [0.2, 0.25) is 5.02 Å². The number of methoxy groups -OCH3 is 1. The molecule has 0 unspecified atom stereocenters. The van der Waals surface area contributed by atoms with Crippen molar-refractivity contribution in [3.8, 4) is 5.88 Å². The van der Waals surface area contributed by atoms with E-state index in [0.717, 1.165) is 0 Å². The number of nitrogens with zero attached hydrogens (tertiary/aromatic N) is 1. The average molecular weight is 252 g/mol. The summed E-state index contributed by atoms with van der Waals surface area (Å²) in [7, 11) is 1.49. The molecule has 0 fully saturated rings. The molecule has 1 N–H and O–H groups in total. The van der Waals surface area contributed by atoms with Crippen molar-refractivity contribution in [1.29, 1.82) is 0 Å². The summed E-state index contributed by atoms with van der Waals surface area (Å²) in [5.41, 5.74) is 0.560. The number of aromatic nitrogens is 1. The first-order chi connectivity index (χ1) is 5.70. The number of hydrogen-bond donors (Lipinski definition) is 1. The molecular weight excluding hydrogens is 245 g/mol. The highest BCUT2D eigenvalue weighted by Crippen LogP contribution is 2.30. The van der Waals surface area contributed by atoms with E-state index in [1.165, 1.54) is 13.3 Å². The Kier molecular flexibility index (Phi) is 3.31. The third-order valence-corrected chi connectivity index (χ3v) is 2.80. The third kappa shape index (κ3) is 1.71. The Balaban J connectivity index is 3.25. The molecule has 0 aromatic carbocycles. The average Bonchev–Trinajstić information content (AvgIpc) is 2.09. The lowest BCUT2D eigenvalue weighted by molar-refractivity contribution is 0.270. The zero-order valence-electron chi connectivity index (χ0n) is 6.34. The summed E-state index contributed by atoms with van der Waals surface area (Å²) in [5, 5.41) is 9.40. The van der Waals surface area contributed by atoms with E-state index in [2.05, 4.69) is 20.9 Å². The minimum Gasteiger partial charge on any atom is -0.481 e. The molecule has 0 saturated heterocycles. The van der Waals surface area contributed by atoms with Gasteiger partial charge in [-0.1, -0.05) is 11.6 Å². The molecule has 1 rings (SSSR count). The van der Waals surface area contributed by atoms with Crippen LogP contribution in [0.4, 0.5) is 0 Å². The first kappa shape index (κ1) is 9.77. The molecule has 0 spiro atoms. The predicted octanol–water partition coefficient (Wildman–Crippen LogP) is 2.00. The van der Waals surface area contributed by atoms with Gasteiger partial charge in [-0.25, -0.2) is 4.98 Å². The maximum absolute atomic E-state index is 8.95. The van der Waals surface area contributed by atoms with Crippen LogP contribution in [-0.4, -0.2) is 17.2 Å². The van der Waals surface area contributed by atoms with Crippen molar-refractivity contribution >= 4 is 27.5 Å². The Morgan fingerprint density at radius 1 is 1.75 bits per heavy atom. The SMILES string of the molecule is COc1ncc(Cl)c(Br)c1CO. The van der Waals surface area contributed by atoms with E-state index >= 15 is 0 Å². The Hall–Kier alpha value is -0.320. The van der Waals surface area contributed by atoms with Gasteiger partial charge in [0, 0.05) is 4.47 Å².